The van der Waals surface area contributed by atoms with E-state index >= 15 is 0 Å². The SMILES string of the molecule is Nc1nc(C(=NOCc2ccc(Br)c(O)c2)C(=O)NC2C(=O)N3C=C(C(=O)O)CS[C@H]23)cs1. The largest absolute Gasteiger partial charge is 0.507 e. The molecule has 4 rings (SSSR count). The van der Waals surface area contributed by atoms with Crippen molar-refractivity contribution < 1.29 is 29.4 Å². The Hall–Kier alpha value is -3.10. The summed E-state index contributed by atoms with van der Waals surface area (Å²) in [4.78, 5) is 47.2. The van der Waals surface area contributed by atoms with Gasteiger partial charge < -0.3 is 31.0 Å². The van der Waals surface area contributed by atoms with Crippen LogP contribution in [0.25, 0.3) is 0 Å². The summed E-state index contributed by atoms with van der Waals surface area (Å²) in [6.07, 6.45) is 1.29. The number of nitrogens with zero attached hydrogens (tertiary/aromatic N) is 3. The molecule has 1 saturated heterocycles. The minimum absolute atomic E-state index is 0.0310. The Kier molecular flexibility index (Phi) is 6.58. The molecule has 0 spiro atoms. The number of benzene rings is 1. The lowest BCUT2D eigenvalue weighted by molar-refractivity contribution is -0.144. The molecule has 1 fully saturated rings. The van der Waals surface area contributed by atoms with Crippen LogP contribution in [0, 0.1) is 0 Å². The van der Waals surface area contributed by atoms with E-state index in [1.807, 2.05) is 0 Å². The number of aromatic hydroxyl groups is 1. The van der Waals surface area contributed by atoms with Gasteiger partial charge in [0.1, 0.15) is 29.5 Å². The molecule has 2 aliphatic rings. The number of β-lactam (4-membered cyclic amide) rings is 1. The van der Waals surface area contributed by atoms with Crippen LogP contribution in [0.2, 0.25) is 0 Å². The van der Waals surface area contributed by atoms with E-state index in [9.17, 15) is 19.5 Å². The van der Waals surface area contributed by atoms with E-state index in [4.69, 9.17) is 15.7 Å². The molecule has 11 nitrogen and oxygen atoms in total. The molecule has 2 aliphatic heterocycles. The summed E-state index contributed by atoms with van der Waals surface area (Å²) in [5.74, 6) is -1.96. The second-order valence-electron chi connectivity index (χ2n) is 6.93. The lowest BCUT2D eigenvalue weighted by atomic mass is 10.1. The number of fused-ring (bicyclic) bond motifs is 1. The summed E-state index contributed by atoms with van der Waals surface area (Å²) in [6.45, 7) is -0.0331. The molecule has 3 heterocycles. The number of nitrogens with one attached hydrogen (secondary N) is 1. The summed E-state index contributed by atoms with van der Waals surface area (Å²) in [5, 5.41) is 26.8. The molecule has 2 amide bonds. The van der Waals surface area contributed by atoms with Gasteiger partial charge in [0.2, 0.25) is 0 Å². The van der Waals surface area contributed by atoms with Crippen LogP contribution in [0.4, 0.5) is 5.13 Å². The number of thiazole rings is 1. The van der Waals surface area contributed by atoms with Crippen LogP contribution >= 0.6 is 39.0 Å². The highest BCUT2D eigenvalue weighted by molar-refractivity contribution is 9.10. The average molecular weight is 554 g/mol. The van der Waals surface area contributed by atoms with Gasteiger partial charge in [-0.25, -0.2) is 9.78 Å². The van der Waals surface area contributed by atoms with E-state index in [0.29, 0.717) is 10.0 Å². The highest BCUT2D eigenvalue weighted by Crippen LogP contribution is 2.36. The van der Waals surface area contributed by atoms with Gasteiger partial charge in [-0.2, -0.15) is 0 Å². The Morgan fingerprint density at radius 2 is 2.21 bits per heavy atom. The number of anilines is 1. The quantitative estimate of drug-likeness (QED) is 0.225. The van der Waals surface area contributed by atoms with Crippen molar-refractivity contribution in [1.29, 1.82) is 0 Å². The standard InChI is InChI=1S/C19H16BrN5O6S2/c20-10-2-1-8(3-12(10)26)5-31-24-13(11-7-33-19(21)22-11)15(27)23-14-16(28)25-4-9(18(29)30)6-32-17(14)25/h1-4,7,14,17,26H,5-6H2,(H2,21,22)(H,23,27)(H,29,30)/t14?,17-/m1/s1. The normalized spacial score (nSPS) is 19.9. The van der Waals surface area contributed by atoms with Gasteiger partial charge in [-0.15, -0.1) is 23.1 Å². The number of hydrogen-bond donors (Lipinski definition) is 4. The van der Waals surface area contributed by atoms with Gasteiger partial charge >= 0.3 is 5.97 Å². The van der Waals surface area contributed by atoms with Gasteiger partial charge in [0, 0.05) is 17.3 Å². The highest BCUT2D eigenvalue weighted by Gasteiger charge is 2.50. The van der Waals surface area contributed by atoms with Crippen molar-refractivity contribution in [2.45, 2.75) is 18.0 Å². The van der Waals surface area contributed by atoms with Crippen LogP contribution in [0.5, 0.6) is 5.75 Å². The van der Waals surface area contributed by atoms with Crippen molar-refractivity contribution in [2.75, 3.05) is 11.5 Å². The number of aromatic nitrogens is 1. The molecular weight excluding hydrogens is 538 g/mol. The number of nitrogens with two attached hydrogens (primary N) is 1. The predicted octanol–water partition coefficient (Wildman–Crippen LogP) is 1.48. The molecule has 2 aromatic rings. The number of amides is 2. The van der Waals surface area contributed by atoms with Crippen molar-refractivity contribution in [3.63, 3.8) is 0 Å². The van der Waals surface area contributed by atoms with Crippen LogP contribution < -0.4 is 11.1 Å². The number of halogens is 1. The smallest absolute Gasteiger partial charge is 0.333 e. The van der Waals surface area contributed by atoms with Gasteiger partial charge in [-0.05, 0) is 33.6 Å². The number of phenols is 1. The number of hydrogen-bond acceptors (Lipinski definition) is 10. The number of oxime groups is 1. The van der Waals surface area contributed by atoms with E-state index in [2.05, 4.69) is 31.4 Å². The van der Waals surface area contributed by atoms with Gasteiger partial charge in [0.25, 0.3) is 11.8 Å². The lowest BCUT2D eigenvalue weighted by Crippen LogP contribution is -2.69. The fourth-order valence-corrected chi connectivity index (χ4v) is 5.11. The molecule has 0 saturated carbocycles. The van der Waals surface area contributed by atoms with E-state index in [0.717, 1.165) is 11.3 Å². The summed E-state index contributed by atoms with van der Waals surface area (Å²) < 4.78 is 0.526. The Morgan fingerprint density at radius 1 is 1.42 bits per heavy atom. The topological polar surface area (TPSA) is 167 Å². The fourth-order valence-electron chi connectivity index (χ4n) is 3.06. The third kappa shape index (κ3) is 4.82. The summed E-state index contributed by atoms with van der Waals surface area (Å²) >= 11 is 5.55. The molecule has 0 radical (unpaired) electrons. The zero-order valence-corrected chi connectivity index (χ0v) is 19.8. The van der Waals surface area contributed by atoms with E-state index in [1.54, 1.807) is 12.1 Å². The molecular formula is C19H16BrN5O6S2. The number of carbonyl (C=O) groups excluding carboxylic acids is 2. The maximum absolute atomic E-state index is 13.0. The van der Waals surface area contributed by atoms with Crippen LogP contribution in [0.3, 0.4) is 0 Å². The Labute approximate surface area is 203 Å². The molecule has 5 N–H and O–H groups in total. The Balaban J connectivity index is 1.48. The number of carboxylic acids is 1. The Bertz CT molecular complexity index is 1200. The van der Waals surface area contributed by atoms with Crippen molar-refractivity contribution in [3.8, 4) is 5.75 Å². The van der Waals surface area contributed by atoms with Gasteiger partial charge in [-0.3, -0.25) is 9.59 Å². The first kappa shape index (κ1) is 23.1. The van der Waals surface area contributed by atoms with Crippen LogP contribution in [-0.2, 0) is 25.8 Å². The van der Waals surface area contributed by atoms with Crippen molar-refractivity contribution >= 4 is 67.7 Å². The highest BCUT2D eigenvalue weighted by atomic mass is 79.9. The van der Waals surface area contributed by atoms with E-state index < -0.39 is 29.2 Å². The first-order valence-electron chi connectivity index (χ1n) is 9.32. The molecule has 1 unspecified atom stereocenters. The van der Waals surface area contributed by atoms with Crippen LogP contribution in [0.1, 0.15) is 11.3 Å². The average Bonchev–Trinajstić information content (AvgIpc) is 3.22. The Morgan fingerprint density at radius 3 is 2.88 bits per heavy atom. The van der Waals surface area contributed by atoms with Crippen LogP contribution in [-0.4, -0.2) is 60.8 Å². The number of phenolic OH excluding ortho intramolecular Hbond substituents is 1. The molecule has 1 aromatic carbocycles. The van der Waals surface area contributed by atoms with Crippen LogP contribution in [0.15, 0.2) is 45.0 Å². The molecule has 172 valence electrons. The maximum Gasteiger partial charge on any atom is 0.333 e. The monoisotopic (exact) mass is 553 g/mol. The second-order valence-corrected chi connectivity index (χ2v) is 9.78. The molecule has 0 aliphatic carbocycles. The number of thioether (sulfide) groups is 1. The summed E-state index contributed by atoms with van der Waals surface area (Å²) in [7, 11) is 0. The third-order valence-corrected chi connectivity index (χ3v) is 7.39. The fraction of sp³-hybridized carbons (Fsp3) is 0.211. The number of carboxylic acid groups (broad SMARTS) is 1. The number of rotatable bonds is 7. The van der Waals surface area contributed by atoms with Gasteiger partial charge in [0.05, 0.1) is 10.0 Å². The summed E-state index contributed by atoms with van der Waals surface area (Å²) in [6, 6.07) is 3.99. The summed E-state index contributed by atoms with van der Waals surface area (Å²) in [5.41, 5.74) is 6.42. The minimum atomic E-state index is -1.09. The molecule has 2 atom stereocenters. The van der Waals surface area contributed by atoms with Gasteiger partial charge in [-0.1, -0.05) is 11.2 Å². The predicted molar refractivity (Wildman–Crippen MR) is 124 cm³/mol. The first-order valence-corrected chi connectivity index (χ1v) is 12.0. The van der Waals surface area contributed by atoms with Gasteiger partial charge in [0.15, 0.2) is 10.8 Å². The molecule has 14 heteroatoms. The first-order chi connectivity index (χ1) is 15.7. The van der Waals surface area contributed by atoms with Crippen molar-refractivity contribution in [2.24, 2.45) is 5.16 Å². The van der Waals surface area contributed by atoms with E-state index in [1.165, 1.54) is 34.3 Å². The number of aliphatic carboxylic acids is 1. The number of nitrogen functional groups attached to an aromatic ring is 1. The minimum Gasteiger partial charge on any atom is -0.507 e. The molecule has 1 aromatic heterocycles. The molecule has 0 bridgehead atoms. The van der Waals surface area contributed by atoms with E-state index in [-0.39, 0.29) is 40.2 Å². The van der Waals surface area contributed by atoms with Crippen molar-refractivity contribution in [3.05, 3.63) is 51.1 Å². The maximum atomic E-state index is 13.0. The zero-order valence-electron chi connectivity index (χ0n) is 16.6. The molecule has 33 heavy (non-hydrogen) atoms. The van der Waals surface area contributed by atoms with Crippen molar-refractivity contribution in [1.82, 2.24) is 15.2 Å². The second kappa shape index (κ2) is 9.41. The number of carbonyl (C=O) groups is 3. The third-order valence-electron chi connectivity index (χ3n) is 4.72. The lowest BCUT2D eigenvalue weighted by Gasteiger charge is -2.46. The zero-order chi connectivity index (χ0) is 23.7.